The highest BCUT2D eigenvalue weighted by Crippen LogP contribution is 2.30. The molecule has 102 valence electrons. The van der Waals surface area contributed by atoms with Crippen LogP contribution in [0.5, 0.6) is 0 Å². The zero-order valence-electron chi connectivity index (χ0n) is 9.88. The molecule has 0 amide bonds. The largest absolute Gasteiger partial charge is 0.226 e. The molecule has 20 heavy (non-hydrogen) atoms. The Balaban J connectivity index is 2.60. The normalized spacial score (nSPS) is 12.2. The smallest absolute Gasteiger partial charge is 0.217 e. The molecule has 7 heteroatoms. The molecule has 0 saturated carbocycles. The summed E-state index contributed by atoms with van der Waals surface area (Å²) in [5, 5.41) is 11.3. The summed E-state index contributed by atoms with van der Waals surface area (Å²) in [6, 6.07) is 9.54. The number of hydrogen-bond donors (Lipinski definition) is 0. The molecule has 0 aliphatic carbocycles. The Bertz CT molecular complexity index is 783. The molecule has 0 bridgehead atoms. The van der Waals surface area contributed by atoms with Crippen LogP contribution in [0.1, 0.15) is 5.56 Å². The van der Waals surface area contributed by atoms with Crippen LogP contribution >= 0.6 is 34.5 Å². The average Bonchev–Trinajstić information content (AvgIpc) is 2.92. The van der Waals surface area contributed by atoms with Gasteiger partial charge in [-0.2, -0.15) is 5.26 Å². The van der Waals surface area contributed by atoms with E-state index in [0.29, 0.717) is 5.56 Å². The van der Waals surface area contributed by atoms with Crippen molar-refractivity contribution in [3.05, 3.63) is 56.2 Å². The first-order valence-corrected chi connectivity index (χ1v) is 8.43. The Morgan fingerprint density at radius 2 is 1.85 bits per heavy atom. The van der Waals surface area contributed by atoms with Gasteiger partial charge in [-0.3, -0.25) is 0 Å². The Hall–Kier alpha value is -1.32. The third-order valence-electron chi connectivity index (χ3n) is 2.43. The third kappa shape index (κ3) is 2.89. The average molecular weight is 344 g/mol. The number of allylic oxidation sites excluding steroid dienone is 1. The van der Waals surface area contributed by atoms with E-state index >= 15 is 0 Å². The van der Waals surface area contributed by atoms with Crippen molar-refractivity contribution >= 4 is 50.5 Å². The monoisotopic (exact) mass is 343 g/mol. The van der Waals surface area contributed by atoms with Crippen LogP contribution in [0.2, 0.25) is 10.0 Å². The Kier molecular flexibility index (Phi) is 4.51. The van der Waals surface area contributed by atoms with E-state index < -0.39 is 14.7 Å². The van der Waals surface area contributed by atoms with Crippen molar-refractivity contribution in [1.29, 1.82) is 5.26 Å². The summed E-state index contributed by atoms with van der Waals surface area (Å²) in [7, 11) is -3.84. The summed E-state index contributed by atoms with van der Waals surface area (Å²) in [6.45, 7) is 0. The van der Waals surface area contributed by atoms with E-state index in [0.717, 1.165) is 11.3 Å². The van der Waals surface area contributed by atoms with E-state index in [-0.39, 0.29) is 14.3 Å². The summed E-state index contributed by atoms with van der Waals surface area (Å²) in [5.74, 6) is 0. The Labute approximate surface area is 130 Å². The molecule has 0 N–H and O–H groups in total. The molecule has 0 atom stereocenters. The number of rotatable bonds is 3. The molecule has 0 unspecified atom stereocenters. The van der Waals surface area contributed by atoms with Crippen LogP contribution in [0.25, 0.3) is 6.08 Å². The minimum atomic E-state index is -3.84. The van der Waals surface area contributed by atoms with Crippen molar-refractivity contribution in [3.8, 4) is 6.07 Å². The van der Waals surface area contributed by atoms with Gasteiger partial charge in [0.2, 0.25) is 9.84 Å². The van der Waals surface area contributed by atoms with E-state index in [1.807, 2.05) is 0 Å². The molecule has 0 radical (unpaired) electrons. The summed E-state index contributed by atoms with van der Waals surface area (Å²) < 4.78 is 24.7. The first kappa shape index (κ1) is 15.1. The molecule has 1 heterocycles. The molecule has 0 saturated heterocycles. The maximum Gasteiger partial charge on any atom is 0.226 e. The van der Waals surface area contributed by atoms with E-state index in [4.69, 9.17) is 28.5 Å². The molecule has 2 rings (SSSR count). The Morgan fingerprint density at radius 3 is 2.35 bits per heavy atom. The van der Waals surface area contributed by atoms with Crippen LogP contribution in [-0.2, 0) is 9.84 Å². The second-order valence-electron chi connectivity index (χ2n) is 3.69. The summed E-state index contributed by atoms with van der Waals surface area (Å²) in [5.41, 5.74) is 0.313. The van der Waals surface area contributed by atoms with Crippen molar-refractivity contribution in [2.75, 3.05) is 0 Å². The fraction of sp³-hybridized carbons (Fsp3) is 0. The molecule has 1 aromatic heterocycles. The van der Waals surface area contributed by atoms with Gasteiger partial charge < -0.3 is 0 Å². The van der Waals surface area contributed by atoms with Gasteiger partial charge in [0.15, 0.2) is 4.91 Å². The maximum absolute atomic E-state index is 12.3. The van der Waals surface area contributed by atoms with Gasteiger partial charge in [-0.05, 0) is 29.7 Å². The number of hydrogen-bond acceptors (Lipinski definition) is 4. The second kappa shape index (κ2) is 5.98. The number of sulfone groups is 1. The van der Waals surface area contributed by atoms with Crippen molar-refractivity contribution < 1.29 is 8.42 Å². The minimum absolute atomic E-state index is 0.105. The number of nitrogens with zero attached hydrogens (tertiary/aromatic N) is 1. The van der Waals surface area contributed by atoms with Crippen LogP contribution in [0.4, 0.5) is 0 Å². The van der Waals surface area contributed by atoms with Gasteiger partial charge in [0.25, 0.3) is 0 Å². The molecule has 0 aliphatic heterocycles. The van der Waals surface area contributed by atoms with Crippen molar-refractivity contribution in [2.45, 2.75) is 4.21 Å². The minimum Gasteiger partial charge on any atom is -0.217 e. The third-order valence-corrected chi connectivity index (χ3v) is 6.16. The molecule has 3 nitrogen and oxygen atoms in total. The number of benzene rings is 1. The zero-order chi connectivity index (χ0) is 14.8. The molecular weight excluding hydrogens is 337 g/mol. The van der Waals surface area contributed by atoms with E-state index in [1.165, 1.54) is 12.1 Å². The molecule has 0 fully saturated rings. The van der Waals surface area contributed by atoms with Gasteiger partial charge in [-0.1, -0.05) is 35.3 Å². The van der Waals surface area contributed by atoms with Gasteiger partial charge >= 0.3 is 0 Å². The summed E-state index contributed by atoms with van der Waals surface area (Å²) >= 11 is 13.0. The van der Waals surface area contributed by atoms with Crippen LogP contribution in [0.15, 0.2) is 44.8 Å². The summed E-state index contributed by atoms with van der Waals surface area (Å²) in [4.78, 5) is -0.394. The number of thiophene rings is 1. The van der Waals surface area contributed by atoms with Gasteiger partial charge in [-0.25, -0.2) is 8.42 Å². The standard InChI is InChI=1S/C13H7Cl2NO2S2/c14-11-3-1-4-12(15)10(11)7-9(8-16)20(17,18)13-5-2-6-19-13/h1-7H/b9-7+. The van der Waals surface area contributed by atoms with Crippen LogP contribution < -0.4 is 0 Å². The quantitative estimate of drug-likeness (QED) is 0.776. The fourth-order valence-electron chi connectivity index (χ4n) is 1.47. The second-order valence-corrected chi connectivity index (χ2v) is 7.60. The predicted molar refractivity (Wildman–Crippen MR) is 81.6 cm³/mol. The van der Waals surface area contributed by atoms with Crippen LogP contribution in [0, 0.1) is 11.3 Å². The maximum atomic E-state index is 12.3. The van der Waals surface area contributed by atoms with Gasteiger partial charge in [-0.15, -0.1) is 11.3 Å². The predicted octanol–water partition coefficient (Wildman–Crippen LogP) is 4.39. The molecule has 1 aromatic carbocycles. The number of nitriles is 1. The first-order chi connectivity index (χ1) is 9.46. The highest BCUT2D eigenvalue weighted by atomic mass is 35.5. The first-order valence-electron chi connectivity index (χ1n) is 5.31. The SMILES string of the molecule is N#C/C(=C\c1c(Cl)cccc1Cl)S(=O)(=O)c1cccs1. The lowest BCUT2D eigenvalue weighted by Crippen LogP contribution is -2.01. The molecular formula is C13H7Cl2NO2S2. The van der Waals surface area contributed by atoms with Gasteiger partial charge in [0.1, 0.15) is 10.3 Å². The van der Waals surface area contributed by atoms with E-state index in [1.54, 1.807) is 35.7 Å². The molecule has 2 aromatic rings. The van der Waals surface area contributed by atoms with Gasteiger partial charge in [0, 0.05) is 15.6 Å². The van der Waals surface area contributed by atoms with Crippen LogP contribution in [0.3, 0.4) is 0 Å². The highest BCUT2D eigenvalue weighted by Gasteiger charge is 2.22. The highest BCUT2D eigenvalue weighted by molar-refractivity contribution is 7.97. The van der Waals surface area contributed by atoms with Gasteiger partial charge in [0.05, 0.1) is 0 Å². The van der Waals surface area contributed by atoms with Crippen molar-refractivity contribution in [2.24, 2.45) is 0 Å². The Morgan fingerprint density at radius 1 is 1.20 bits per heavy atom. The van der Waals surface area contributed by atoms with E-state index in [2.05, 4.69) is 0 Å². The summed E-state index contributed by atoms with van der Waals surface area (Å²) in [6.07, 6.45) is 1.19. The lowest BCUT2D eigenvalue weighted by atomic mass is 10.2. The molecule has 0 aliphatic rings. The zero-order valence-corrected chi connectivity index (χ0v) is 13.0. The lowest BCUT2D eigenvalue weighted by Gasteiger charge is -2.03. The lowest BCUT2D eigenvalue weighted by molar-refractivity contribution is 0.605. The van der Waals surface area contributed by atoms with E-state index in [9.17, 15) is 8.42 Å². The van der Waals surface area contributed by atoms with Crippen molar-refractivity contribution in [1.82, 2.24) is 0 Å². The van der Waals surface area contributed by atoms with Crippen molar-refractivity contribution in [3.63, 3.8) is 0 Å². The molecule has 0 spiro atoms. The number of halogens is 2. The van der Waals surface area contributed by atoms with Crippen LogP contribution in [-0.4, -0.2) is 8.42 Å². The fourth-order valence-corrected chi connectivity index (χ4v) is 4.24. The topological polar surface area (TPSA) is 57.9 Å².